The Morgan fingerprint density at radius 1 is 1.40 bits per heavy atom. The molecule has 1 unspecified atom stereocenters. The molecule has 2 amide bonds. The number of benzene rings is 1. The predicted molar refractivity (Wildman–Crippen MR) is 94.2 cm³/mol. The molecule has 1 aromatic carbocycles. The summed E-state index contributed by atoms with van der Waals surface area (Å²) in [7, 11) is 0. The number of ether oxygens (including phenoxy) is 1. The second kappa shape index (κ2) is 8.35. The zero-order valence-corrected chi connectivity index (χ0v) is 14.9. The van der Waals surface area contributed by atoms with Crippen LogP contribution < -0.4 is 5.32 Å². The number of anilines is 1. The number of morpholine rings is 1. The number of aryl methyl sites for hydroxylation is 1. The zero-order valence-electron chi connectivity index (χ0n) is 14.1. The van der Waals surface area contributed by atoms with Crippen LogP contribution in [0.25, 0.3) is 0 Å². The van der Waals surface area contributed by atoms with Crippen LogP contribution in [0, 0.1) is 5.82 Å². The van der Waals surface area contributed by atoms with Crippen LogP contribution in [0.3, 0.4) is 0 Å². The van der Waals surface area contributed by atoms with E-state index in [1.165, 1.54) is 23.5 Å². The molecule has 8 heteroatoms. The lowest BCUT2D eigenvalue weighted by Crippen LogP contribution is -2.44. The Hall–Kier alpha value is -2.06. The van der Waals surface area contributed by atoms with Gasteiger partial charge in [-0.05, 0) is 24.1 Å². The van der Waals surface area contributed by atoms with Gasteiger partial charge >= 0.3 is 6.03 Å². The minimum Gasteiger partial charge on any atom is -0.370 e. The van der Waals surface area contributed by atoms with Crippen molar-refractivity contribution in [2.24, 2.45) is 0 Å². The van der Waals surface area contributed by atoms with Gasteiger partial charge in [-0.15, -0.1) is 10.2 Å². The smallest absolute Gasteiger partial charge is 0.323 e. The average Bonchev–Trinajstić information content (AvgIpc) is 3.08. The van der Waals surface area contributed by atoms with E-state index in [2.05, 4.69) is 22.4 Å². The third-order valence-electron chi connectivity index (χ3n) is 4.02. The van der Waals surface area contributed by atoms with Crippen molar-refractivity contribution in [3.8, 4) is 0 Å². The summed E-state index contributed by atoms with van der Waals surface area (Å²) in [5.74, 6) is -0.288. The van der Waals surface area contributed by atoms with Crippen LogP contribution in [0.15, 0.2) is 24.3 Å². The van der Waals surface area contributed by atoms with Crippen molar-refractivity contribution in [1.29, 1.82) is 0 Å². The number of urea groups is 1. The summed E-state index contributed by atoms with van der Waals surface area (Å²) in [5.41, 5.74) is 0.858. The van der Waals surface area contributed by atoms with Crippen LogP contribution in [-0.2, 0) is 11.2 Å². The first-order valence-electron chi connectivity index (χ1n) is 8.41. The quantitative estimate of drug-likeness (QED) is 0.880. The number of unbranched alkanes of at least 4 members (excludes halogenated alkanes) is 1. The fourth-order valence-corrected chi connectivity index (χ4v) is 3.39. The minimum absolute atomic E-state index is 0.214. The second-order valence-corrected chi connectivity index (χ2v) is 6.95. The molecule has 1 atom stereocenters. The number of hydrogen-bond acceptors (Lipinski definition) is 5. The van der Waals surface area contributed by atoms with Gasteiger partial charge in [-0.3, -0.25) is 5.32 Å². The van der Waals surface area contributed by atoms with Crippen molar-refractivity contribution >= 4 is 22.5 Å². The Bertz CT molecular complexity index is 707. The van der Waals surface area contributed by atoms with Gasteiger partial charge in [0.15, 0.2) is 0 Å². The number of carbonyl (C=O) groups is 1. The molecular formula is C17H21FN4O2S. The molecule has 1 aliphatic heterocycles. The van der Waals surface area contributed by atoms with Crippen LogP contribution in [0.4, 0.5) is 14.3 Å². The maximum Gasteiger partial charge on any atom is 0.323 e. The second-order valence-electron chi connectivity index (χ2n) is 5.89. The molecule has 0 spiro atoms. The van der Waals surface area contributed by atoms with E-state index in [0.29, 0.717) is 24.8 Å². The summed E-state index contributed by atoms with van der Waals surface area (Å²) in [4.78, 5) is 14.1. The van der Waals surface area contributed by atoms with E-state index in [1.807, 2.05) is 0 Å². The van der Waals surface area contributed by atoms with Crippen LogP contribution in [-0.4, -0.2) is 40.8 Å². The van der Waals surface area contributed by atoms with Crippen LogP contribution in [0.2, 0.25) is 0 Å². The molecule has 6 nitrogen and oxygen atoms in total. The normalized spacial score (nSPS) is 17.5. The highest BCUT2D eigenvalue weighted by molar-refractivity contribution is 7.15. The first-order chi connectivity index (χ1) is 12.2. The molecule has 0 radical (unpaired) electrons. The van der Waals surface area contributed by atoms with Crippen LogP contribution >= 0.6 is 11.3 Å². The van der Waals surface area contributed by atoms with Gasteiger partial charge in [-0.2, -0.15) is 0 Å². The van der Waals surface area contributed by atoms with E-state index < -0.39 is 0 Å². The Morgan fingerprint density at radius 2 is 2.20 bits per heavy atom. The molecule has 1 N–H and O–H groups in total. The molecule has 2 aromatic rings. The standard InChI is InChI=1S/C17H21FN4O2S/c1-2-3-4-15-20-21-16(25-15)19-17(23)22-9-10-24-14(11-22)12-5-7-13(18)8-6-12/h5-8,14H,2-4,9-11H2,1H3,(H,19,21,23). The minimum atomic E-state index is -0.288. The van der Waals surface area contributed by atoms with E-state index >= 15 is 0 Å². The third-order valence-corrected chi connectivity index (χ3v) is 4.92. The summed E-state index contributed by atoms with van der Waals surface area (Å²) in [6.45, 7) is 3.48. The van der Waals surface area contributed by atoms with Crippen LogP contribution in [0.5, 0.6) is 0 Å². The molecule has 1 fully saturated rings. The Kier molecular flexibility index (Phi) is 5.93. The Balaban J connectivity index is 1.58. The van der Waals surface area contributed by atoms with E-state index in [4.69, 9.17) is 4.74 Å². The highest BCUT2D eigenvalue weighted by Gasteiger charge is 2.26. The van der Waals surface area contributed by atoms with Gasteiger partial charge in [0.25, 0.3) is 0 Å². The van der Waals surface area contributed by atoms with Crippen LogP contribution in [0.1, 0.15) is 36.4 Å². The Labute approximate surface area is 150 Å². The lowest BCUT2D eigenvalue weighted by molar-refractivity contribution is -0.0135. The monoisotopic (exact) mass is 364 g/mol. The number of aromatic nitrogens is 2. The number of nitrogens with zero attached hydrogens (tertiary/aromatic N) is 3. The van der Waals surface area contributed by atoms with Gasteiger partial charge < -0.3 is 9.64 Å². The van der Waals surface area contributed by atoms with Gasteiger partial charge in [0.05, 0.1) is 13.2 Å². The molecule has 1 aliphatic rings. The lowest BCUT2D eigenvalue weighted by Gasteiger charge is -2.32. The summed E-state index contributed by atoms with van der Waals surface area (Å²) >= 11 is 1.41. The molecule has 25 heavy (non-hydrogen) atoms. The van der Waals surface area contributed by atoms with Crippen molar-refractivity contribution in [2.45, 2.75) is 32.3 Å². The van der Waals surface area contributed by atoms with Crippen molar-refractivity contribution in [1.82, 2.24) is 15.1 Å². The molecule has 0 aliphatic carbocycles. The highest BCUT2D eigenvalue weighted by Crippen LogP contribution is 2.24. The molecule has 3 rings (SSSR count). The molecule has 2 heterocycles. The molecule has 1 saturated heterocycles. The molecule has 0 saturated carbocycles. The topological polar surface area (TPSA) is 67.4 Å². The number of halogens is 1. The largest absolute Gasteiger partial charge is 0.370 e. The van der Waals surface area contributed by atoms with E-state index in [-0.39, 0.29) is 18.0 Å². The summed E-state index contributed by atoms with van der Waals surface area (Å²) < 4.78 is 18.8. The maximum absolute atomic E-state index is 13.1. The van der Waals surface area contributed by atoms with Crippen molar-refractivity contribution in [3.05, 3.63) is 40.7 Å². The van der Waals surface area contributed by atoms with E-state index in [1.54, 1.807) is 17.0 Å². The van der Waals surface area contributed by atoms with Gasteiger partial charge in [0.1, 0.15) is 16.9 Å². The number of rotatable bonds is 5. The molecule has 134 valence electrons. The van der Waals surface area contributed by atoms with Crippen molar-refractivity contribution in [3.63, 3.8) is 0 Å². The fraction of sp³-hybridized carbons (Fsp3) is 0.471. The zero-order chi connectivity index (χ0) is 17.6. The van der Waals surface area contributed by atoms with E-state index in [0.717, 1.165) is 29.8 Å². The number of hydrogen-bond donors (Lipinski definition) is 1. The van der Waals surface area contributed by atoms with Gasteiger partial charge in [0.2, 0.25) is 5.13 Å². The van der Waals surface area contributed by atoms with Gasteiger partial charge in [-0.25, -0.2) is 9.18 Å². The number of amides is 2. The summed E-state index contributed by atoms with van der Waals surface area (Å²) in [5, 5.41) is 12.4. The summed E-state index contributed by atoms with van der Waals surface area (Å²) in [6, 6.07) is 5.96. The van der Waals surface area contributed by atoms with Gasteiger partial charge in [-0.1, -0.05) is 36.8 Å². The third kappa shape index (κ3) is 4.73. The molecule has 0 bridgehead atoms. The number of carbonyl (C=O) groups excluding carboxylic acids is 1. The Morgan fingerprint density at radius 3 is 2.96 bits per heavy atom. The fourth-order valence-electron chi connectivity index (χ4n) is 2.62. The lowest BCUT2D eigenvalue weighted by atomic mass is 10.1. The van der Waals surface area contributed by atoms with E-state index in [9.17, 15) is 9.18 Å². The summed E-state index contributed by atoms with van der Waals surface area (Å²) in [6.07, 6.45) is 2.79. The average molecular weight is 364 g/mol. The van der Waals surface area contributed by atoms with Crippen molar-refractivity contribution < 1.29 is 13.9 Å². The SMILES string of the molecule is CCCCc1nnc(NC(=O)N2CCOC(c3ccc(F)cc3)C2)s1. The maximum atomic E-state index is 13.1. The van der Waals surface area contributed by atoms with Crippen molar-refractivity contribution in [2.75, 3.05) is 25.0 Å². The predicted octanol–water partition coefficient (Wildman–Crippen LogP) is 3.63. The highest BCUT2D eigenvalue weighted by atomic mass is 32.1. The van der Waals surface area contributed by atoms with Gasteiger partial charge in [0, 0.05) is 13.0 Å². The first-order valence-corrected chi connectivity index (χ1v) is 9.22. The number of nitrogens with one attached hydrogen (secondary N) is 1. The first kappa shape index (κ1) is 17.8. The molecule has 1 aromatic heterocycles. The molecular weight excluding hydrogens is 343 g/mol.